The first kappa shape index (κ1) is 21.2. The highest BCUT2D eigenvalue weighted by Gasteiger charge is 2.19. The van der Waals surface area contributed by atoms with Crippen molar-refractivity contribution in [1.82, 2.24) is 9.55 Å². The summed E-state index contributed by atoms with van der Waals surface area (Å²) >= 11 is 1.20. The Bertz CT molecular complexity index is 1000. The molecule has 3 rings (SSSR count). The Balaban J connectivity index is 2.08. The van der Waals surface area contributed by atoms with Gasteiger partial charge in [-0.15, -0.1) is 0 Å². The van der Waals surface area contributed by atoms with E-state index in [1.165, 1.54) is 44.4 Å². The van der Waals surface area contributed by atoms with Crippen LogP contribution in [-0.4, -0.2) is 34.9 Å². The number of nitrogens with two attached hydrogens (primary N) is 1. The van der Waals surface area contributed by atoms with Crippen molar-refractivity contribution in [3.63, 3.8) is 0 Å². The minimum absolute atomic E-state index is 0.161. The van der Waals surface area contributed by atoms with Crippen LogP contribution in [0.25, 0.3) is 10.9 Å². The van der Waals surface area contributed by atoms with E-state index >= 15 is 0 Å². The highest BCUT2D eigenvalue weighted by molar-refractivity contribution is 8.00. The summed E-state index contributed by atoms with van der Waals surface area (Å²) in [5, 5.41) is 0.438. The molecule has 7 nitrogen and oxygen atoms in total. The Morgan fingerprint density at radius 1 is 1.28 bits per heavy atom. The third-order valence-corrected chi connectivity index (χ3v) is 6.26. The molecule has 0 bridgehead atoms. The monoisotopic (exact) mass is 417 g/mol. The molecular formula is C21H27N3O4S. The number of amides is 1. The molecule has 2 aromatic rings. The van der Waals surface area contributed by atoms with Crippen LogP contribution >= 0.6 is 11.8 Å². The fraction of sp³-hybridized carbons (Fsp3) is 0.476. The summed E-state index contributed by atoms with van der Waals surface area (Å²) in [5.41, 5.74) is 7.15. The number of hydrogen-bond donors (Lipinski definition) is 1. The molecule has 1 aliphatic carbocycles. The molecule has 0 spiro atoms. The van der Waals surface area contributed by atoms with E-state index in [1.807, 2.05) is 0 Å². The third-order valence-electron chi connectivity index (χ3n) is 5.15. The van der Waals surface area contributed by atoms with Gasteiger partial charge in [0.05, 0.1) is 30.4 Å². The molecule has 156 valence electrons. The minimum atomic E-state index is -0.500. The van der Waals surface area contributed by atoms with Crippen molar-refractivity contribution in [2.45, 2.75) is 56.0 Å². The lowest BCUT2D eigenvalue weighted by atomic mass is 9.97. The minimum Gasteiger partial charge on any atom is -0.493 e. The maximum atomic E-state index is 13.3. The number of hydrogen-bond acceptors (Lipinski definition) is 6. The highest BCUT2D eigenvalue weighted by Crippen LogP contribution is 2.32. The quantitative estimate of drug-likeness (QED) is 0.402. The first-order valence-corrected chi connectivity index (χ1v) is 10.6. The molecule has 0 fully saturated rings. The van der Waals surface area contributed by atoms with E-state index in [2.05, 4.69) is 11.1 Å². The van der Waals surface area contributed by atoms with Crippen LogP contribution in [0.1, 0.15) is 39.0 Å². The normalized spacial score (nSPS) is 15.1. The Kier molecular flexibility index (Phi) is 6.84. The first-order chi connectivity index (χ1) is 13.9. The van der Waals surface area contributed by atoms with Gasteiger partial charge in [-0.2, -0.15) is 0 Å². The number of carbonyl (C=O) groups excluding carboxylic acids is 1. The summed E-state index contributed by atoms with van der Waals surface area (Å²) in [6.45, 7) is 2.22. The molecule has 1 atom stereocenters. The molecule has 29 heavy (non-hydrogen) atoms. The van der Waals surface area contributed by atoms with E-state index in [0.717, 1.165) is 19.3 Å². The van der Waals surface area contributed by atoms with Gasteiger partial charge < -0.3 is 15.2 Å². The molecule has 1 aromatic carbocycles. The zero-order valence-electron chi connectivity index (χ0n) is 17.1. The molecule has 8 heteroatoms. The second-order valence-corrected chi connectivity index (χ2v) is 8.40. The van der Waals surface area contributed by atoms with Gasteiger partial charge in [-0.25, -0.2) is 4.98 Å². The van der Waals surface area contributed by atoms with Crippen molar-refractivity contribution in [3.05, 3.63) is 34.1 Å². The maximum absolute atomic E-state index is 13.3. The Hall–Kier alpha value is -2.48. The summed E-state index contributed by atoms with van der Waals surface area (Å²) < 4.78 is 12.3. The number of methoxy groups -OCH3 is 2. The molecule has 2 N–H and O–H groups in total. The number of fused-ring (bicyclic) bond motifs is 1. The van der Waals surface area contributed by atoms with Crippen molar-refractivity contribution in [2.75, 3.05) is 14.2 Å². The molecular weight excluding hydrogens is 390 g/mol. The zero-order chi connectivity index (χ0) is 21.0. The molecule has 0 aliphatic heterocycles. The van der Waals surface area contributed by atoms with Gasteiger partial charge in [-0.3, -0.25) is 14.2 Å². The van der Waals surface area contributed by atoms with Crippen LogP contribution in [0.2, 0.25) is 0 Å². The number of carbonyl (C=O) groups is 1. The lowest BCUT2D eigenvalue weighted by Crippen LogP contribution is -2.27. The summed E-state index contributed by atoms with van der Waals surface area (Å²) in [5.74, 6) is 0.528. The summed E-state index contributed by atoms with van der Waals surface area (Å²) in [6.07, 6.45) is 7.64. The number of primary amides is 1. The number of allylic oxidation sites excluding steroid dienone is 2. The van der Waals surface area contributed by atoms with Crippen LogP contribution in [-0.2, 0) is 11.3 Å². The average molecular weight is 418 g/mol. The predicted octanol–water partition coefficient (Wildman–Crippen LogP) is 3.27. The van der Waals surface area contributed by atoms with Gasteiger partial charge in [0.1, 0.15) is 0 Å². The summed E-state index contributed by atoms with van der Waals surface area (Å²) in [4.78, 5) is 29.6. The zero-order valence-corrected chi connectivity index (χ0v) is 17.9. The van der Waals surface area contributed by atoms with Crippen molar-refractivity contribution >= 4 is 28.6 Å². The van der Waals surface area contributed by atoms with Crippen molar-refractivity contribution in [3.8, 4) is 11.5 Å². The van der Waals surface area contributed by atoms with Crippen LogP contribution in [0.3, 0.4) is 0 Å². The first-order valence-electron chi connectivity index (χ1n) is 9.75. The standard InChI is InChI=1S/C21H27N3O4S/c1-13(19(22)25)29-21-23-16-12-18(28-3)17(27-2)11-15(16)20(26)24(21)10-9-14-7-5-4-6-8-14/h7,11-13H,4-6,8-10H2,1-3H3,(H2,22,25). The maximum Gasteiger partial charge on any atom is 0.262 e. The van der Waals surface area contributed by atoms with Gasteiger partial charge in [0, 0.05) is 12.6 Å². The van der Waals surface area contributed by atoms with Crippen LogP contribution in [0.4, 0.5) is 0 Å². The summed E-state index contributed by atoms with van der Waals surface area (Å²) in [6, 6.07) is 3.34. The number of benzene rings is 1. The highest BCUT2D eigenvalue weighted by atomic mass is 32.2. The Morgan fingerprint density at radius 2 is 2.00 bits per heavy atom. The van der Waals surface area contributed by atoms with E-state index in [4.69, 9.17) is 15.2 Å². The molecule has 1 aromatic heterocycles. The number of ether oxygens (including phenoxy) is 2. The lowest BCUT2D eigenvalue weighted by molar-refractivity contribution is -0.117. The fourth-order valence-corrected chi connectivity index (χ4v) is 4.30. The molecule has 0 saturated carbocycles. The molecule has 1 amide bonds. The third kappa shape index (κ3) is 4.75. The second-order valence-electron chi connectivity index (χ2n) is 7.10. The van der Waals surface area contributed by atoms with E-state index in [0.29, 0.717) is 34.1 Å². The van der Waals surface area contributed by atoms with E-state index in [1.54, 1.807) is 23.6 Å². The molecule has 1 aliphatic rings. The van der Waals surface area contributed by atoms with Gasteiger partial charge in [0.15, 0.2) is 16.7 Å². The number of aromatic nitrogens is 2. The van der Waals surface area contributed by atoms with Crippen LogP contribution in [0.5, 0.6) is 11.5 Å². The Labute approximate surface area is 174 Å². The van der Waals surface area contributed by atoms with Gasteiger partial charge in [0.2, 0.25) is 5.91 Å². The van der Waals surface area contributed by atoms with Crippen molar-refractivity contribution in [1.29, 1.82) is 0 Å². The van der Waals surface area contributed by atoms with Crippen LogP contribution in [0.15, 0.2) is 33.7 Å². The topological polar surface area (TPSA) is 96.4 Å². The average Bonchev–Trinajstić information content (AvgIpc) is 2.73. The summed E-state index contributed by atoms with van der Waals surface area (Å²) in [7, 11) is 3.07. The van der Waals surface area contributed by atoms with E-state index < -0.39 is 11.2 Å². The smallest absolute Gasteiger partial charge is 0.262 e. The van der Waals surface area contributed by atoms with Crippen molar-refractivity contribution in [2.24, 2.45) is 5.73 Å². The van der Waals surface area contributed by atoms with E-state index in [9.17, 15) is 9.59 Å². The van der Waals surface area contributed by atoms with Crippen molar-refractivity contribution < 1.29 is 14.3 Å². The Morgan fingerprint density at radius 3 is 2.62 bits per heavy atom. The number of thioether (sulfide) groups is 1. The van der Waals surface area contributed by atoms with E-state index in [-0.39, 0.29) is 5.56 Å². The van der Waals surface area contributed by atoms with Gasteiger partial charge >= 0.3 is 0 Å². The molecule has 0 saturated heterocycles. The predicted molar refractivity (Wildman–Crippen MR) is 115 cm³/mol. The fourth-order valence-electron chi connectivity index (χ4n) is 3.42. The molecule has 1 unspecified atom stereocenters. The second kappa shape index (κ2) is 9.35. The van der Waals surface area contributed by atoms with Gasteiger partial charge in [0.25, 0.3) is 5.56 Å². The molecule has 0 radical (unpaired) electrons. The van der Waals surface area contributed by atoms with Gasteiger partial charge in [-0.05, 0) is 45.1 Å². The lowest BCUT2D eigenvalue weighted by Gasteiger charge is -2.18. The largest absolute Gasteiger partial charge is 0.493 e. The SMILES string of the molecule is COc1cc2nc(SC(C)C(N)=O)n(CCC3=CCCCC3)c(=O)c2cc1OC. The van der Waals surface area contributed by atoms with Gasteiger partial charge in [-0.1, -0.05) is 23.4 Å². The van der Waals surface area contributed by atoms with Crippen LogP contribution in [0, 0.1) is 0 Å². The number of rotatable bonds is 8. The van der Waals surface area contributed by atoms with Crippen LogP contribution < -0.4 is 20.8 Å². The molecule has 1 heterocycles. The number of nitrogens with zero attached hydrogens (tertiary/aromatic N) is 2.